The average Bonchev–Trinajstić information content (AvgIpc) is 2.85. The second kappa shape index (κ2) is 5.47. The standard InChI is InChI=1S/C10H18N2OS/c1-14(13)8-2-7-12-9-10(3-4-10)5-6-11/h12H,2-5,7-9H2,1H3. The quantitative estimate of drug-likeness (QED) is 0.644. The normalized spacial score (nSPS) is 20.0. The van der Waals surface area contributed by atoms with Gasteiger partial charge in [-0.2, -0.15) is 5.26 Å². The van der Waals surface area contributed by atoms with Crippen LogP contribution in [0.4, 0.5) is 0 Å². The highest BCUT2D eigenvalue weighted by Crippen LogP contribution is 2.47. The molecule has 0 aromatic heterocycles. The van der Waals surface area contributed by atoms with Gasteiger partial charge in [0.25, 0.3) is 0 Å². The minimum Gasteiger partial charge on any atom is -0.316 e. The largest absolute Gasteiger partial charge is 0.316 e. The van der Waals surface area contributed by atoms with Gasteiger partial charge in [0.15, 0.2) is 0 Å². The van der Waals surface area contributed by atoms with Gasteiger partial charge in [-0.3, -0.25) is 4.21 Å². The zero-order valence-corrected chi connectivity index (χ0v) is 9.53. The van der Waals surface area contributed by atoms with Gasteiger partial charge in [-0.25, -0.2) is 0 Å². The van der Waals surface area contributed by atoms with Crippen molar-refractivity contribution in [1.29, 1.82) is 5.26 Å². The first-order valence-corrected chi connectivity index (χ1v) is 6.79. The van der Waals surface area contributed by atoms with E-state index < -0.39 is 10.8 Å². The highest BCUT2D eigenvalue weighted by molar-refractivity contribution is 7.84. The minimum absolute atomic E-state index is 0.292. The van der Waals surface area contributed by atoms with Crippen LogP contribution in [0.15, 0.2) is 0 Å². The Morgan fingerprint density at radius 2 is 2.29 bits per heavy atom. The summed E-state index contributed by atoms with van der Waals surface area (Å²) in [6.45, 7) is 1.88. The lowest BCUT2D eigenvalue weighted by molar-refractivity contribution is 0.467. The molecule has 1 saturated carbocycles. The van der Waals surface area contributed by atoms with Crippen molar-refractivity contribution in [3.8, 4) is 6.07 Å². The van der Waals surface area contributed by atoms with Crippen LogP contribution in [0.1, 0.15) is 25.7 Å². The van der Waals surface area contributed by atoms with Crippen molar-refractivity contribution in [2.45, 2.75) is 25.7 Å². The first-order chi connectivity index (χ1) is 6.68. The molecule has 0 saturated heterocycles. The molecule has 4 heteroatoms. The summed E-state index contributed by atoms with van der Waals surface area (Å²) in [6, 6.07) is 2.24. The fourth-order valence-electron chi connectivity index (χ4n) is 1.51. The molecule has 0 aromatic carbocycles. The highest BCUT2D eigenvalue weighted by atomic mass is 32.2. The maximum Gasteiger partial charge on any atom is 0.0628 e. The van der Waals surface area contributed by atoms with Gasteiger partial charge >= 0.3 is 0 Å². The smallest absolute Gasteiger partial charge is 0.0628 e. The molecule has 0 heterocycles. The summed E-state index contributed by atoms with van der Waals surface area (Å²) in [6.07, 6.45) is 5.75. The molecule has 1 unspecified atom stereocenters. The zero-order chi connectivity index (χ0) is 10.4. The van der Waals surface area contributed by atoms with Gasteiger partial charge in [-0.15, -0.1) is 0 Å². The van der Waals surface area contributed by atoms with Crippen LogP contribution in [0.25, 0.3) is 0 Å². The molecule has 3 nitrogen and oxygen atoms in total. The van der Waals surface area contributed by atoms with Gasteiger partial charge in [0.1, 0.15) is 0 Å². The van der Waals surface area contributed by atoms with Gasteiger partial charge < -0.3 is 5.32 Å². The minimum atomic E-state index is -0.670. The molecule has 0 radical (unpaired) electrons. The van der Waals surface area contributed by atoms with Crippen LogP contribution in [0.2, 0.25) is 0 Å². The Labute approximate surface area is 88.3 Å². The van der Waals surface area contributed by atoms with Crippen LogP contribution in [-0.2, 0) is 10.8 Å². The van der Waals surface area contributed by atoms with Gasteiger partial charge in [0.05, 0.1) is 6.07 Å². The molecule has 1 N–H and O–H groups in total. The van der Waals surface area contributed by atoms with E-state index in [1.54, 1.807) is 6.26 Å². The van der Waals surface area contributed by atoms with Crippen molar-refractivity contribution in [2.24, 2.45) is 5.41 Å². The third-order valence-corrected chi connectivity index (χ3v) is 3.56. The first kappa shape index (κ1) is 11.7. The Hall–Kier alpha value is -0.400. The fourth-order valence-corrected chi connectivity index (χ4v) is 2.07. The monoisotopic (exact) mass is 214 g/mol. The van der Waals surface area contributed by atoms with Crippen LogP contribution < -0.4 is 5.32 Å². The van der Waals surface area contributed by atoms with Crippen LogP contribution in [0.3, 0.4) is 0 Å². The van der Waals surface area contributed by atoms with Crippen molar-refractivity contribution < 1.29 is 4.21 Å². The molecule has 0 bridgehead atoms. The average molecular weight is 214 g/mol. The van der Waals surface area contributed by atoms with Crippen LogP contribution in [0.5, 0.6) is 0 Å². The van der Waals surface area contributed by atoms with Gasteiger partial charge in [0, 0.05) is 35.8 Å². The number of hydrogen-bond acceptors (Lipinski definition) is 3. The molecule has 0 aliphatic heterocycles. The summed E-state index contributed by atoms with van der Waals surface area (Å²) in [7, 11) is -0.670. The summed E-state index contributed by atoms with van der Waals surface area (Å²) in [4.78, 5) is 0. The maximum absolute atomic E-state index is 10.8. The number of nitrogens with zero attached hydrogens (tertiary/aromatic N) is 1. The number of nitrogens with one attached hydrogen (secondary N) is 1. The molecule has 0 spiro atoms. The molecule has 1 aliphatic rings. The van der Waals surface area contributed by atoms with E-state index in [9.17, 15) is 4.21 Å². The lowest BCUT2D eigenvalue weighted by Gasteiger charge is -2.11. The highest BCUT2D eigenvalue weighted by Gasteiger charge is 2.41. The molecular weight excluding hydrogens is 196 g/mol. The molecule has 1 fully saturated rings. The molecule has 1 rings (SSSR count). The van der Waals surface area contributed by atoms with Crippen molar-refractivity contribution in [1.82, 2.24) is 5.32 Å². The Kier molecular flexibility index (Phi) is 4.56. The van der Waals surface area contributed by atoms with E-state index in [4.69, 9.17) is 5.26 Å². The number of hydrogen-bond donors (Lipinski definition) is 1. The lowest BCUT2D eigenvalue weighted by atomic mass is 10.0. The molecule has 14 heavy (non-hydrogen) atoms. The van der Waals surface area contributed by atoms with E-state index in [1.165, 1.54) is 12.8 Å². The second-order valence-corrected chi connectivity index (χ2v) is 5.70. The third kappa shape index (κ3) is 4.21. The zero-order valence-electron chi connectivity index (χ0n) is 8.71. The molecule has 1 aliphatic carbocycles. The maximum atomic E-state index is 10.8. The van der Waals surface area contributed by atoms with E-state index >= 15 is 0 Å². The molecule has 1 atom stereocenters. The molecular formula is C10H18N2OS. The van der Waals surface area contributed by atoms with Crippen molar-refractivity contribution in [2.75, 3.05) is 25.1 Å². The fraction of sp³-hybridized carbons (Fsp3) is 0.900. The predicted octanol–water partition coefficient (Wildman–Crippen LogP) is 1.04. The van der Waals surface area contributed by atoms with Crippen LogP contribution in [-0.4, -0.2) is 29.3 Å². The number of nitriles is 1. The molecule has 0 aromatic rings. The molecule has 0 amide bonds. The van der Waals surface area contributed by atoms with E-state index in [0.717, 1.165) is 25.3 Å². The summed E-state index contributed by atoms with van der Waals surface area (Å²) >= 11 is 0. The summed E-state index contributed by atoms with van der Waals surface area (Å²) in [5.41, 5.74) is 0.292. The predicted molar refractivity (Wildman–Crippen MR) is 58.3 cm³/mol. The first-order valence-electron chi connectivity index (χ1n) is 5.06. The topological polar surface area (TPSA) is 52.9 Å². The van der Waals surface area contributed by atoms with Gasteiger partial charge in [-0.05, 0) is 31.2 Å². The van der Waals surface area contributed by atoms with Crippen LogP contribution >= 0.6 is 0 Å². The number of rotatable bonds is 7. The second-order valence-electron chi connectivity index (χ2n) is 4.14. The van der Waals surface area contributed by atoms with E-state index in [2.05, 4.69) is 11.4 Å². The van der Waals surface area contributed by atoms with Crippen molar-refractivity contribution in [3.05, 3.63) is 0 Å². The summed E-state index contributed by atoms with van der Waals surface area (Å²) in [5.74, 6) is 0.776. The Morgan fingerprint density at radius 1 is 1.57 bits per heavy atom. The SMILES string of the molecule is CS(=O)CCCNCC1(CC#N)CC1. The lowest BCUT2D eigenvalue weighted by Crippen LogP contribution is -2.25. The van der Waals surface area contributed by atoms with Crippen LogP contribution in [0, 0.1) is 16.7 Å². The third-order valence-electron chi connectivity index (χ3n) is 2.70. The van der Waals surface area contributed by atoms with Gasteiger partial charge in [0.2, 0.25) is 0 Å². The van der Waals surface area contributed by atoms with Crippen molar-refractivity contribution in [3.63, 3.8) is 0 Å². The van der Waals surface area contributed by atoms with Gasteiger partial charge in [-0.1, -0.05) is 0 Å². The van der Waals surface area contributed by atoms with E-state index in [0.29, 0.717) is 11.8 Å². The van der Waals surface area contributed by atoms with E-state index in [1.807, 2.05) is 0 Å². The summed E-state index contributed by atoms with van der Waals surface area (Å²) < 4.78 is 10.8. The summed E-state index contributed by atoms with van der Waals surface area (Å²) in [5, 5.41) is 11.9. The Morgan fingerprint density at radius 3 is 2.79 bits per heavy atom. The Balaban J connectivity index is 1.99. The van der Waals surface area contributed by atoms with Crippen molar-refractivity contribution >= 4 is 10.8 Å². The van der Waals surface area contributed by atoms with E-state index in [-0.39, 0.29) is 0 Å². The molecule has 80 valence electrons. The Bertz CT molecular complexity index is 243.